The number of hydrogen-bond acceptors (Lipinski definition) is 5. The van der Waals surface area contributed by atoms with E-state index in [1.54, 1.807) is 6.07 Å². The molecule has 0 bridgehead atoms. The first kappa shape index (κ1) is 14.6. The maximum atomic E-state index is 11.8. The third-order valence-electron chi connectivity index (χ3n) is 2.92. The molecule has 2 rings (SSSR count). The van der Waals surface area contributed by atoms with E-state index in [1.165, 1.54) is 43.3 Å². The van der Waals surface area contributed by atoms with Crippen molar-refractivity contribution < 1.29 is 19.4 Å². The fourth-order valence-corrected chi connectivity index (χ4v) is 1.91. The molecule has 0 aliphatic carbocycles. The van der Waals surface area contributed by atoms with Crippen molar-refractivity contribution in [3.8, 4) is 11.5 Å². The lowest BCUT2D eigenvalue weighted by molar-refractivity contribution is 0.0696. The van der Waals surface area contributed by atoms with Crippen LogP contribution in [0.25, 0.3) is 0 Å². The van der Waals surface area contributed by atoms with E-state index >= 15 is 0 Å². The Bertz CT molecular complexity index is 724. The second-order valence-electron chi connectivity index (χ2n) is 4.18. The van der Waals surface area contributed by atoms with Gasteiger partial charge in [-0.25, -0.2) is 4.79 Å². The molecule has 2 aromatic heterocycles. The summed E-state index contributed by atoms with van der Waals surface area (Å²) >= 11 is 0. The summed E-state index contributed by atoms with van der Waals surface area (Å²) in [5.74, 6) is -0.202. The van der Waals surface area contributed by atoms with Crippen LogP contribution in [0.15, 0.2) is 35.4 Å². The van der Waals surface area contributed by atoms with E-state index in [0.717, 1.165) is 0 Å². The van der Waals surface area contributed by atoms with Crippen LogP contribution in [0, 0.1) is 0 Å². The smallest absolute Gasteiger partial charge is 0.337 e. The van der Waals surface area contributed by atoms with Crippen molar-refractivity contribution in [2.45, 2.75) is 6.54 Å². The number of carboxylic acids is 1. The van der Waals surface area contributed by atoms with Crippen LogP contribution in [0.1, 0.15) is 16.1 Å². The number of carbonyl (C=O) groups is 1. The van der Waals surface area contributed by atoms with Gasteiger partial charge in [0.1, 0.15) is 5.69 Å². The van der Waals surface area contributed by atoms with Gasteiger partial charge >= 0.3 is 5.97 Å². The average molecular weight is 290 g/mol. The number of ether oxygens (including phenoxy) is 2. The first-order chi connectivity index (χ1) is 10.1. The van der Waals surface area contributed by atoms with E-state index in [4.69, 9.17) is 14.6 Å². The molecule has 21 heavy (non-hydrogen) atoms. The molecule has 0 unspecified atom stereocenters. The van der Waals surface area contributed by atoms with Gasteiger partial charge in [-0.05, 0) is 6.07 Å². The number of pyridine rings is 2. The minimum absolute atomic E-state index is 0.0245. The van der Waals surface area contributed by atoms with Crippen molar-refractivity contribution in [1.29, 1.82) is 0 Å². The number of hydrogen-bond donors (Lipinski definition) is 1. The highest BCUT2D eigenvalue weighted by Gasteiger charge is 2.13. The highest BCUT2D eigenvalue weighted by Crippen LogP contribution is 2.29. The molecule has 7 heteroatoms. The van der Waals surface area contributed by atoms with Crippen LogP contribution in [-0.4, -0.2) is 34.8 Å². The quantitative estimate of drug-likeness (QED) is 0.883. The Labute approximate surface area is 120 Å². The summed E-state index contributed by atoms with van der Waals surface area (Å²) in [6.45, 7) is 0.0837. The Balaban J connectivity index is 2.45. The summed E-state index contributed by atoms with van der Waals surface area (Å²) < 4.78 is 11.7. The van der Waals surface area contributed by atoms with Gasteiger partial charge in [-0.1, -0.05) is 0 Å². The molecule has 0 aliphatic rings. The van der Waals surface area contributed by atoms with Gasteiger partial charge in [0.2, 0.25) is 0 Å². The predicted molar refractivity (Wildman–Crippen MR) is 74.1 cm³/mol. The Hall–Kier alpha value is -2.83. The highest BCUT2D eigenvalue weighted by atomic mass is 16.5. The first-order valence-electron chi connectivity index (χ1n) is 6.06. The maximum absolute atomic E-state index is 11.8. The van der Waals surface area contributed by atoms with Gasteiger partial charge < -0.3 is 19.1 Å². The summed E-state index contributed by atoms with van der Waals surface area (Å²) in [6.07, 6.45) is 2.80. The highest BCUT2D eigenvalue weighted by molar-refractivity contribution is 5.87. The van der Waals surface area contributed by atoms with Gasteiger partial charge in [0.05, 0.1) is 26.3 Å². The van der Waals surface area contributed by atoms with Gasteiger partial charge in [-0.2, -0.15) is 0 Å². The lowest BCUT2D eigenvalue weighted by Gasteiger charge is -2.12. The number of aromatic nitrogens is 2. The fraction of sp³-hybridized carbons (Fsp3) is 0.214. The predicted octanol–water partition coefficient (Wildman–Crippen LogP) is 1.01. The monoisotopic (exact) mass is 290 g/mol. The summed E-state index contributed by atoms with van der Waals surface area (Å²) in [4.78, 5) is 26.9. The molecule has 0 radical (unpaired) electrons. The molecule has 0 spiro atoms. The van der Waals surface area contributed by atoms with Crippen molar-refractivity contribution in [3.05, 3.63) is 52.2 Å². The molecule has 0 atom stereocenters. The Kier molecular flexibility index (Phi) is 4.22. The molecule has 2 aromatic rings. The van der Waals surface area contributed by atoms with Gasteiger partial charge in [-0.15, -0.1) is 0 Å². The third-order valence-corrected chi connectivity index (χ3v) is 2.92. The second-order valence-corrected chi connectivity index (χ2v) is 4.18. The number of aromatic carboxylic acids is 1. The molecule has 0 fully saturated rings. The van der Waals surface area contributed by atoms with Crippen molar-refractivity contribution in [2.75, 3.05) is 14.2 Å². The van der Waals surface area contributed by atoms with Crippen LogP contribution in [0.3, 0.4) is 0 Å². The van der Waals surface area contributed by atoms with Crippen LogP contribution in [0.2, 0.25) is 0 Å². The largest absolute Gasteiger partial charge is 0.493 e. The van der Waals surface area contributed by atoms with E-state index in [0.29, 0.717) is 17.2 Å². The molecular formula is C14H14N2O5. The first-order valence-corrected chi connectivity index (χ1v) is 6.06. The molecule has 1 N–H and O–H groups in total. The minimum Gasteiger partial charge on any atom is -0.493 e. The van der Waals surface area contributed by atoms with E-state index < -0.39 is 5.97 Å². The zero-order valence-electron chi connectivity index (χ0n) is 11.6. The van der Waals surface area contributed by atoms with Crippen molar-refractivity contribution in [3.63, 3.8) is 0 Å². The standard InChI is InChI=1S/C14H14N2O5/c1-20-11-5-6-15-10(13(11)21-2)8-16-7-9(14(18)19)3-4-12(16)17/h3-7H,8H2,1-2H3,(H,18,19). The Morgan fingerprint density at radius 3 is 2.67 bits per heavy atom. The minimum atomic E-state index is -1.10. The lowest BCUT2D eigenvalue weighted by atomic mass is 10.2. The Morgan fingerprint density at radius 1 is 1.29 bits per heavy atom. The molecule has 7 nitrogen and oxygen atoms in total. The van der Waals surface area contributed by atoms with E-state index in [1.807, 2.05) is 0 Å². The molecule has 0 aliphatic heterocycles. The summed E-state index contributed by atoms with van der Waals surface area (Å²) in [7, 11) is 2.97. The third kappa shape index (κ3) is 3.02. The topological polar surface area (TPSA) is 90.7 Å². The lowest BCUT2D eigenvalue weighted by Crippen LogP contribution is -2.21. The number of methoxy groups -OCH3 is 2. The van der Waals surface area contributed by atoms with Gasteiger partial charge in [-0.3, -0.25) is 9.78 Å². The SMILES string of the molecule is COc1ccnc(Cn2cc(C(=O)O)ccc2=O)c1OC. The molecule has 0 saturated carbocycles. The molecule has 2 heterocycles. The Morgan fingerprint density at radius 2 is 2.05 bits per heavy atom. The van der Waals surface area contributed by atoms with E-state index in [2.05, 4.69) is 4.98 Å². The summed E-state index contributed by atoms with van der Waals surface area (Å²) in [6, 6.07) is 4.10. The summed E-state index contributed by atoms with van der Waals surface area (Å²) in [5.41, 5.74) is 0.171. The normalized spacial score (nSPS) is 10.2. The summed E-state index contributed by atoms with van der Waals surface area (Å²) in [5, 5.41) is 8.97. The molecular weight excluding hydrogens is 276 g/mol. The van der Waals surface area contributed by atoms with Crippen LogP contribution in [0.5, 0.6) is 11.5 Å². The van der Waals surface area contributed by atoms with Crippen LogP contribution in [-0.2, 0) is 6.54 Å². The van der Waals surface area contributed by atoms with Crippen molar-refractivity contribution in [1.82, 2.24) is 9.55 Å². The van der Waals surface area contributed by atoms with Crippen molar-refractivity contribution >= 4 is 5.97 Å². The van der Waals surface area contributed by atoms with Crippen LogP contribution >= 0.6 is 0 Å². The van der Waals surface area contributed by atoms with Gasteiger partial charge in [0.15, 0.2) is 11.5 Å². The zero-order chi connectivity index (χ0) is 15.4. The molecule has 0 aromatic carbocycles. The number of rotatable bonds is 5. The van der Waals surface area contributed by atoms with Crippen LogP contribution in [0.4, 0.5) is 0 Å². The molecule has 0 amide bonds. The van der Waals surface area contributed by atoms with Crippen molar-refractivity contribution in [2.24, 2.45) is 0 Å². The van der Waals surface area contributed by atoms with E-state index in [-0.39, 0.29) is 17.7 Å². The molecule has 110 valence electrons. The number of carboxylic acid groups (broad SMARTS) is 1. The second kappa shape index (κ2) is 6.08. The molecule has 0 saturated heterocycles. The maximum Gasteiger partial charge on any atom is 0.337 e. The average Bonchev–Trinajstić information content (AvgIpc) is 2.48. The zero-order valence-corrected chi connectivity index (χ0v) is 11.6. The van der Waals surface area contributed by atoms with Gasteiger partial charge in [0, 0.05) is 24.5 Å². The fourth-order valence-electron chi connectivity index (χ4n) is 1.91. The van der Waals surface area contributed by atoms with Gasteiger partial charge in [0.25, 0.3) is 5.56 Å². The number of nitrogens with zero attached hydrogens (tertiary/aromatic N) is 2. The van der Waals surface area contributed by atoms with E-state index in [9.17, 15) is 9.59 Å². The van der Waals surface area contributed by atoms with Crippen LogP contribution < -0.4 is 15.0 Å².